The Kier molecular flexibility index (Phi) is 3.86. The second kappa shape index (κ2) is 5.12. The predicted octanol–water partition coefficient (Wildman–Crippen LogP) is 3.72. The highest BCUT2D eigenvalue weighted by Gasteiger charge is 2.33. The van der Waals surface area contributed by atoms with Gasteiger partial charge in [-0.25, -0.2) is 4.39 Å². The fourth-order valence-electron chi connectivity index (χ4n) is 2.90. The minimum atomic E-state index is -0.149. The van der Waals surface area contributed by atoms with E-state index in [0.29, 0.717) is 11.6 Å². The Bertz CT molecular complexity index is 449. The van der Waals surface area contributed by atoms with Crippen LogP contribution in [0.2, 0.25) is 0 Å². The minimum Gasteiger partial charge on any atom is -0.369 e. The maximum Gasteiger partial charge on any atom is 0.146 e. The van der Waals surface area contributed by atoms with Crippen molar-refractivity contribution in [2.75, 3.05) is 18.0 Å². The molecule has 0 aliphatic carbocycles. The van der Waals surface area contributed by atoms with Crippen LogP contribution < -0.4 is 10.6 Å². The molecule has 0 aromatic heterocycles. The molecule has 2 rings (SSSR count). The molecular formula is C16H25FN2. The molecule has 0 radical (unpaired) electrons. The normalized spacial score (nSPS) is 21.8. The molecule has 2 atom stereocenters. The lowest BCUT2D eigenvalue weighted by Crippen LogP contribution is -2.27. The van der Waals surface area contributed by atoms with Gasteiger partial charge < -0.3 is 10.6 Å². The van der Waals surface area contributed by atoms with Crippen molar-refractivity contribution < 1.29 is 4.39 Å². The smallest absolute Gasteiger partial charge is 0.146 e. The summed E-state index contributed by atoms with van der Waals surface area (Å²) in [5.41, 5.74) is 7.87. The largest absolute Gasteiger partial charge is 0.369 e. The van der Waals surface area contributed by atoms with Crippen molar-refractivity contribution in [2.45, 2.75) is 40.2 Å². The molecule has 19 heavy (non-hydrogen) atoms. The maximum absolute atomic E-state index is 14.2. The zero-order valence-electron chi connectivity index (χ0n) is 12.4. The minimum absolute atomic E-state index is 0.139. The number of nitrogens with zero attached hydrogens (tertiary/aromatic N) is 1. The molecule has 1 unspecified atom stereocenters. The molecule has 1 aromatic rings. The molecule has 1 saturated heterocycles. The molecule has 3 heteroatoms. The first-order valence-electron chi connectivity index (χ1n) is 7.09. The Labute approximate surface area is 115 Å². The van der Waals surface area contributed by atoms with Crippen molar-refractivity contribution in [3.05, 3.63) is 29.6 Å². The van der Waals surface area contributed by atoms with E-state index in [4.69, 9.17) is 5.73 Å². The lowest BCUT2D eigenvalue weighted by molar-refractivity contribution is 0.263. The predicted molar refractivity (Wildman–Crippen MR) is 78.8 cm³/mol. The van der Waals surface area contributed by atoms with Crippen molar-refractivity contribution >= 4 is 5.69 Å². The highest BCUT2D eigenvalue weighted by molar-refractivity contribution is 5.56. The maximum atomic E-state index is 14.2. The molecule has 1 aromatic carbocycles. The summed E-state index contributed by atoms with van der Waals surface area (Å²) in [5.74, 6) is 0.456. The van der Waals surface area contributed by atoms with Gasteiger partial charge in [-0.1, -0.05) is 32.9 Å². The van der Waals surface area contributed by atoms with Crippen LogP contribution in [0.1, 0.15) is 45.7 Å². The number of halogens is 1. The SMILES string of the molecule is C[C@H](N)c1cccc(F)c1N1CCC(C(C)(C)C)C1. The van der Waals surface area contributed by atoms with E-state index in [0.717, 1.165) is 25.1 Å². The molecule has 0 amide bonds. The lowest BCUT2D eigenvalue weighted by Gasteiger charge is -2.29. The molecule has 1 heterocycles. The van der Waals surface area contributed by atoms with Gasteiger partial charge in [-0.05, 0) is 36.3 Å². The quantitative estimate of drug-likeness (QED) is 0.882. The van der Waals surface area contributed by atoms with Crippen LogP contribution in [0.25, 0.3) is 0 Å². The van der Waals surface area contributed by atoms with Crippen molar-refractivity contribution in [1.82, 2.24) is 0 Å². The van der Waals surface area contributed by atoms with Gasteiger partial charge in [0.05, 0.1) is 5.69 Å². The van der Waals surface area contributed by atoms with Gasteiger partial charge in [-0.15, -0.1) is 0 Å². The van der Waals surface area contributed by atoms with E-state index in [2.05, 4.69) is 25.7 Å². The summed E-state index contributed by atoms with van der Waals surface area (Å²) >= 11 is 0. The Morgan fingerprint density at radius 1 is 1.37 bits per heavy atom. The zero-order valence-corrected chi connectivity index (χ0v) is 12.4. The van der Waals surface area contributed by atoms with Crippen LogP contribution in [0.15, 0.2) is 18.2 Å². The van der Waals surface area contributed by atoms with Gasteiger partial charge in [-0.2, -0.15) is 0 Å². The van der Waals surface area contributed by atoms with E-state index in [-0.39, 0.29) is 17.3 Å². The van der Waals surface area contributed by atoms with Crippen LogP contribution in [0, 0.1) is 17.2 Å². The number of para-hydroxylation sites is 1. The van der Waals surface area contributed by atoms with Gasteiger partial charge in [0.1, 0.15) is 5.82 Å². The molecule has 106 valence electrons. The fourth-order valence-corrected chi connectivity index (χ4v) is 2.90. The van der Waals surface area contributed by atoms with Gasteiger partial charge in [0.15, 0.2) is 0 Å². The number of hydrogen-bond donors (Lipinski definition) is 1. The van der Waals surface area contributed by atoms with Crippen molar-refractivity contribution in [3.63, 3.8) is 0 Å². The summed E-state index contributed by atoms with van der Waals surface area (Å²) in [6, 6.07) is 5.08. The zero-order chi connectivity index (χ0) is 14.2. The molecule has 1 fully saturated rings. The lowest BCUT2D eigenvalue weighted by atomic mass is 9.80. The second-order valence-electron chi connectivity index (χ2n) is 6.76. The van der Waals surface area contributed by atoms with Crippen LogP contribution >= 0.6 is 0 Å². The first-order valence-corrected chi connectivity index (χ1v) is 7.09. The monoisotopic (exact) mass is 264 g/mol. The van der Waals surface area contributed by atoms with E-state index in [1.54, 1.807) is 6.07 Å². The van der Waals surface area contributed by atoms with Crippen molar-refractivity contribution in [1.29, 1.82) is 0 Å². The molecular weight excluding hydrogens is 239 g/mol. The average molecular weight is 264 g/mol. The van der Waals surface area contributed by atoms with Crippen LogP contribution in [-0.2, 0) is 0 Å². The third kappa shape index (κ3) is 2.92. The summed E-state index contributed by atoms with van der Waals surface area (Å²) in [4.78, 5) is 2.17. The second-order valence-corrected chi connectivity index (χ2v) is 6.76. The van der Waals surface area contributed by atoms with E-state index >= 15 is 0 Å². The van der Waals surface area contributed by atoms with Crippen LogP contribution in [0.5, 0.6) is 0 Å². The number of hydrogen-bond acceptors (Lipinski definition) is 2. The number of nitrogens with two attached hydrogens (primary N) is 1. The molecule has 2 N–H and O–H groups in total. The van der Waals surface area contributed by atoms with Crippen molar-refractivity contribution in [2.24, 2.45) is 17.1 Å². The summed E-state index contributed by atoms with van der Waals surface area (Å²) in [6.07, 6.45) is 1.12. The Morgan fingerprint density at radius 3 is 2.58 bits per heavy atom. The van der Waals surface area contributed by atoms with Gasteiger partial charge in [-0.3, -0.25) is 0 Å². The van der Waals surface area contributed by atoms with Gasteiger partial charge in [0, 0.05) is 19.1 Å². The summed E-state index contributed by atoms with van der Waals surface area (Å²) in [7, 11) is 0. The molecule has 0 saturated carbocycles. The number of benzene rings is 1. The molecule has 0 spiro atoms. The van der Waals surface area contributed by atoms with Crippen LogP contribution in [0.4, 0.5) is 10.1 Å². The third-order valence-electron chi connectivity index (χ3n) is 4.24. The number of rotatable bonds is 2. The van der Waals surface area contributed by atoms with E-state index in [1.807, 2.05) is 13.0 Å². The molecule has 0 bridgehead atoms. The molecule has 2 nitrogen and oxygen atoms in total. The average Bonchev–Trinajstić information content (AvgIpc) is 2.77. The summed E-state index contributed by atoms with van der Waals surface area (Å²) in [5, 5.41) is 0. The molecule has 1 aliphatic heterocycles. The fraction of sp³-hybridized carbons (Fsp3) is 0.625. The van der Waals surface area contributed by atoms with E-state index in [9.17, 15) is 4.39 Å². The summed E-state index contributed by atoms with van der Waals surface area (Å²) < 4.78 is 14.2. The highest BCUT2D eigenvalue weighted by atomic mass is 19.1. The standard InChI is InChI=1S/C16H25FN2/c1-11(18)13-6-5-7-14(17)15(13)19-9-8-12(10-19)16(2,3)4/h5-7,11-12H,8-10,18H2,1-4H3/t11-,12?/m0/s1. The highest BCUT2D eigenvalue weighted by Crippen LogP contribution is 2.38. The van der Waals surface area contributed by atoms with Gasteiger partial charge in [0.25, 0.3) is 0 Å². The third-order valence-corrected chi connectivity index (χ3v) is 4.24. The Balaban J connectivity index is 2.29. The first kappa shape index (κ1) is 14.3. The Morgan fingerprint density at radius 2 is 2.05 bits per heavy atom. The van der Waals surface area contributed by atoms with Gasteiger partial charge >= 0.3 is 0 Å². The molecule has 1 aliphatic rings. The van der Waals surface area contributed by atoms with Crippen molar-refractivity contribution in [3.8, 4) is 0 Å². The Hall–Kier alpha value is -1.09. The van der Waals surface area contributed by atoms with E-state index < -0.39 is 0 Å². The topological polar surface area (TPSA) is 29.3 Å². The van der Waals surface area contributed by atoms with Crippen LogP contribution in [-0.4, -0.2) is 13.1 Å². The first-order chi connectivity index (χ1) is 8.80. The van der Waals surface area contributed by atoms with Crippen LogP contribution in [0.3, 0.4) is 0 Å². The summed E-state index contributed by atoms with van der Waals surface area (Å²) in [6.45, 7) is 10.5. The number of anilines is 1. The van der Waals surface area contributed by atoms with E-state index in [1.165, 1.54) is 6.07 Å². The van der Waals surface area contributed by atoms with Gasteiger partial charge in [0.2, 0.25) is 0 Å².